The van der Waals surface area contributed by atoms with Gasteiger partial charge < -0.3 is 9.47 Å². The second-order valence-electron chi connectivity index (χ2n) is 6.42. The number of aryl methyl sites for hydroxylation is 1. The standard InChI is InChI=1S/C19H17F5N4O3/c1-27-7-6-15(26-27)16-8-17(29)28(18(25-16)31-14(9-20)10-21)12-2-4-13(5-3-12)30-11-19(22,23)24/h2-8,14H,9-11H2,1H3. The number of nitrogens with zero attached hydrogens (tertiary/aromatic N) is 4. The Kier molecular flexibility index (Phi) is 6.56. The lowest BCUT2D eigenvalue weighted by atomic mass is 10.2. The van der Waals surface area contributed by atoms with Crippen molar-refractivity contribution in [2.75, 3.05) is 20.0 Å². The molecular formula is C19H17F5N4O3. The van der Waals surface area contributed by atoms with Crippen molar-refractivity contribution in [2.45, 2.75) is 12.3 Å². The highest BCUT2D eigenvalue weighted by atomic mass is 19.4. The van der Waals surface area contributed by atoms with Crippen LogP contribution in [0.15, 0.2) is 47.4 Å². The van der Waals surface area contributed by atoms with Crippen LogP contribution in [0.3, 0.4) is 0 Å². The van der Waals surface area contributed by atoms with E-state index in [1.807, 2.05) is 0 Å². The number of rotatable bonds is 8. The van der Waals surface area contributed by atoms with Gasteiger partial charge in [-0.1, -0.05) is 0 Å². The van der Waals surface area contributed by atoms with Gasteiger partial charge in [-0.15, -0.1) is 0 Å². The number of aromatic nitrogens is 4. The molecule has 0 N–H and O–H groups in total. The van der Waals surface area contributed by atoms with E-state index in [-0.39, 0.29) is 17.1 Å². The van der Waals surface area contributed by atoms with Gasteiger partial charge in [-0.25, -0.2) is 13.3 Å². The minimum Gasteiger partial charge on any atom is -0.484 e. The van der Waals surface area contributed by atoms with Crippen LogP contribution >= 0.6 is 0 Å². The summed E-state index contributed by atoms with van der Waals surface area (Å²) < 4.78 is 75.3. The van der Waals surface area contributed by atoms with Crippen LogP contribution in [-0.2, 0) is 7.05 Å². The predicted octanol–water partition coefficient (Wildman–Crippen LogP) is 3.26. The fourth-order valence-corrected chi connectivity index (χ4v) is 2.57. The first-order valence-corrected chi connectivity index (χ1v) is 8.93. The van der Waals surface area contributed by atoms with E-state index >= 15 is 0 Å². The minimum atomic E-state index is -4.50. The zero-order valence-corrected chi connectivity index (χ0v) is 16.1. The molecule has 3 rings (SSSR count). The smallest absolute Gasteiger partial charge is 0.422 e. The molecule has 0 unspecified atom stereocenters. The average Bonchev–Trinajstić information content (AvgIpc) is 3.16. The van der Waals surface area contributed by atoms with Gasteiger partial charge in [-0.2, -0.15) is 23.3 Å². The van der Waals surface area contributed by atoms with Crippen LogP contribution in [0.25, 0.3) is 17.1 Å². The Hall–Kier alpha value is -3.44. The van der Waals surface area contributed by atoms with Crippen LogP contribution in [0, 0.1) is 0 Å². The van der Waals surface area contributed by atoms with Gasteiger partial charge in [0.25, 0.3) is 5.56 Å². The lowest BCUT2D eigenvalue weighted by Gasteiger charge is -2.17. The molecule has 0 spiro atoms. The second-order valence-corrected chi connectivity index (χ2v) is 6.42. The van der Waals surface area contributed by atoms with E-state index in [2.05, 4.69) is 14.8 Å². The molecule has 0 aliphatic rings. The molecule has 2 heterocycles. The van der Waals surface area contributed by atoms with Gasteiger partial charge in [0.2, 0.25) is 0 Å². The quantitative estimate of drug-likeness (QED) is 0.499. The summed E-state index contributed by atoms with van der Waals surface area (Å²) in [6.45, 7) is -3.80. The second kappa shape index (κ2) is 9.14. The number of hydrogen-bond donors (Lipinski definition) is 0. The molecule has 1 aromatic carbocycles. The Bertz CT molecular complexity index is 1080. The van der Waals surface area contributed by atoms with Gasteiger partial charge in [0, 0.05) is 19.3 Å². The summed E-state index contributed by atoms with van der Waals surface area (Å²) >= 11 is 0. The monoisotopic (exact) mass is 444 g/mol. The summed E-state index contributed by atoms with van der Waals surface area (Å²) in [7, 11) is 1.66. The molecule has 0 saturated carbocycles. The number of alkyl halides is 5. The van der Waals surface area contributed by atoms with Crippen LogP contribution in [0.4, 0.5) is 22.0 Å². The van der Waals surface area contributed by atoms with E-state index in [0.29, 0.717) is 5.69 Å². The summed E-state index contributed by atoms with van der Waals surface area (Å²) in [4.78, 5) is 17.0. The van der Waals surface area contributed by atoms with E-state index in [9.17, 15) is 26.7 Å². The lowest BCUT2D eigenvalue weighted by molar-refractivity contribution is -0.153. The highest BCUT2D eigenvalue weighted by molar-refractivity contribution is 5.54. The van der Waals surface area contributed by atoms with Crippen molar-refractivity contribution in [2.24, 2.45) is 7.05 Å². The molecule has 0 aliphatic carbocycles. The molecule has 0 radical (unpaired) electrons. The van der Waals surface area contributed by atoms with Gasteiger partial charge in [0.05, 0.1) is 5.69 Å². The topological polar surface area (TPSA) is 71.2 Å². The van der Waals surface area contributed by atoms with Gasteiger partial charge in [0.15, 0.2) is 12.7 Å². The van der Waals surface area contributed by atoms with Gasteiger partial charge >= 0.3 is 12.2 Å². The molecule has 166 valence electrons. The fraction of sp³-hybridized carbons (Fsp3) is 0.316. The van der Waals surface area contributed by atoms with E-state index in [1.54, 1.807) is 19.3 Å². The third-order valence-corrected chi connectivity index (χ3v) is 3.98. The van der Waals surface area contributed by atoms with Crippen molar-refractivity contribution in [3.8, 4) is 28.8 Å². The van der Waals surface area contributed by atoms with Crippen LogP contribution in [0.5, 0.6) is 11.8 Å². The Morgan fingerprint density at radius 1 is 1.06 bits per heavy atom. The molecule has 12 heteroatoms. The van der Waals surface area contributed by atoms with Crippen molar-refractivity contribution < 1.29 is 31.4 Å². The average molecular weight is 444 g/mol. The molecule has 0 saturated heterocycles. The van der Waals surface area contributed by atoms with Gasteiger partial charge in [-0.3, -0.25) is 9.48 Å². The third kappa shape index (κ3) is 5.58. The molecular weight excluding hydrogens is 427 g/mol. The Morgan fingerprint density at radius 2 is 1.74 bits per heavy atom. The van der Waals surface area contributed by atoms with E-state index in [1.165, 1.54) is 28.9 Å². The Morgan fingerprint density at radius 3 is 2.29 bits per heavy atom. The van der Waals surface area contributed by atoms with Crippen molar-refractivity contribution >= 4 is 0 Å². The van der Waals surface area contributed by atoms with Gasteiger partial charge in [0.1, 0.15) is 30.5 Å². The Labute approximate surface area is 172 Å². The maximum atomic E-state index is 13.0. The van der Waals surface area contributed by atoms with Crippen molar-refractivity contribution in [3.05, 3.63) is 52.9 Å². The largest absolute Gasteiger partial charge is 0.484 e. The van der Waals surface area contributed by atoms with Crippen molar-refractivity contribution in [1.29, 1.82) is 0 Å². The first-order chi connectivity index (χ1) is 14.7. The SMILES string of the molecule is Cn1ccc(-c2cc(=O)n(-c3ccc(OCC(F)(F)F)cc3)c(OC(CF)CF)n2)n1. The summed E-state index contributed by atoms with van der Waals surface area (Å²) in [6.07, 6.45) is -4.38. The van der Waals surface area contributed by atoms with Crippen LogP contribution < -0.4 is 15.0 Å². The van der Waals surface area contributed by atoms with E-state index < -0.39 is 43.8 Å². The molecule has 0 amide bonds. The van der Waals surface area contributed by atoms with E-state index in [4.69, 9.17) is 4.74 Å². The highest BCUT2D eigenvalue weighted by Gasteiger charge is 2.28. The summed E-state index contributed by atoms with van der Waals surface area (Å²) in [5.74, 6) is -0.0833. The summed E-state index contributed by atoms with van der Waals surface area (Å²) in [6, 6.07) is 7.37. The number of hydrogen-bond acceptors (Lipinski definition) is 5. The van der Waals surface area contributed by atoms with Crippen LogP contribution in [-0.4, -0.2) is 51.6 Å². The first kappa shape index (κ1) is 22.2. The Balaban J connectivity index is 2.00. The van der Waals surface area contributed by atoms with Crippen molar-refractivity contribution in [1.82, 2.24) is 19.3 Å². The molecule has 2 aromatic heterocycles. The van der Waals surface area contributed by atoms with Crippen LogP contribution in [0.2, 0.25) is 0 Å². The fourth-order valence-electron chi connectivity index (χ4n) is 2.57. The molecule has 0 atom stereocenters. The number of halogens is 5. The maximum absolute atomic E-state index is 13.0. The van der Waals surface area contributed by atoms with Gasteiger partial charge in [-0.05, 0) is 30.3 Å². The number of ether oxygens (including phenoxy) is 2. The first-order valence-electron chi connectivity index (χ1n) is 8.93. The molecule has 0 fully saturated rings. The lowest BCUT2D eigenvalue weighted by Crippen LogP contribution is -2.28. The zero-order chi connectivity index (χ0) is 22.6. The molecule has 0 aliphatic heterocycles. The predicted molar refractivity (Wildman–Crippen MR) is 100.0 cm³/mol. The molecule has 7 nitrogen and oxygen atoms in total. The molecule has 3 aromatic rings. The zero-order valence-electron chi connectivity index (χ0n) is 16.1. The normalized spacial score (nSPS) is 11.7. The number of benzene rings is 1. The van der Waals surface area contributed by atoms with Crippen LogP contribution in [0.1, 0.15) is 0 Å². The minimum absolute atomic E-state index is 0.0833. The van der Waals surface area contributed by atoms with Crippen molar-refractivity contribution in [3.63, 3.8) is 0 Å². The van der Waals surface area contributed by atoms with E-state index in [0.717, 1.165) is 10.6 Å². The molecule has 31 heavy (non-hydrogen) atoms. The molecule has 0 bridgehead atoms. The highest BCUT2D eigenvalue weighted by Crippen LogP contribution is 2.23. The summed E-state index contributed by atoms with van der Waals surface area (Å²) in [5.41, 5.74) is -0.0371. The maximum Gasteiger partial charge on any atom is 0.422 e. The summed E-state index contributed by atoms with van der Waals surface area (Å²) in [5, 5.41) is 4.13. The third-order valence-electron chi connectivity index (χ3n) is 3.98.